The maximum Gasteiger partial charge on any atom is 0.262 e. The van der Waals surface area contributed by atoms with Crippen molar-refractivity contribution < 1.29 is 14.4 Å². The van der Waals surface area contributed by atoms with Crippen LogP contribution in [0.5, 0.6) is 0 Å². The van der Waals surface area contributed by atoms with Gasteiger partial charge in [0.05, 0.1) is 16.8 Å². The number of nitrogens with one attached hydrogen (secondary N) is 1. The maximum atomic E-state index is 13.3. The number of aryl methyl sites for hydroxylation is 1. The molecule has 4 rings (SSSR count). The first-order valence-corrected chi connectivity index (χ1v) is 10.3. The molecule has 3 aromatic carbocycles. The fraction of sp³-hybridized carbons (Fsp3) is 0.125. The van der Waals surface area contributed by atoms with Crippen molar-refractivity contribution in [3.63, 3.8) is 0 Å². The normalized spacial score (nSPS) is 13.9. The number of fused-ring (bicyclic) bond motifs is 1. The first kappa shape index (κ1) is 20.0. The lowest BCUT2D eigenvalue weighted by Crippen LogP contribution is -2.48. The number of hydrogen-bond acceptors (Lipinski definition) is 3. The third kappa shape index (κ3) is 3.78. The summed E-state index contributed by atoms with van der Waals surface area (Å²) in [6, 6.07) is 20.6. The smallest absolute Gasteiger partial charge is 0.262 e. The van der Waals surface area contributed by atoms with Gasteiger partial charge in [0.1, 0.15) is 6.04 Å². The number of carbonyl (C=O) groups is 3. The van der Waals surface area contributed by atoms with Crippen LogP contribution in [-0.4, -0.2) is 28.7 Å². The third-order valence-electron chi connectivity index (χ3n) is 5.09. The van der Waals surface area contributed by atoms with Crippen molar-refractivity contribution in [2.45, 2.75) is 19.4 Å². The Hall–Kier alpha value is -3.25. The van der Waals surface area contributed by atoms with E-state index in [0.717, 1.165) is 20.5 Å². The van der Waals surface area contributed by atoms with E-state index >= 15 is 0 Å². The maximum absolute atomic E-state index is 13.3. The lowest BCUT2D eigenvalue weighted by Gasteiger charge is -2.26. The molecule has 1 atom stereocenters. The predicted molar refractivity (Wildman–Crippen MR) is 118 cm³/mol. The van der Waals surface area contributed by atoms with Crippen LogP contribution in [0.1, 0.15) is 31.8 Å². The van der Waals surface area contributed by atoms with Crippen molar-refractivity contribution >= 4 is 39.3 Å². The summed E-state index contributed by atoms with van der Waals surface area (Å²) in [5.74, 6) is -1.32. The highest BCUT2D eigenvalue weighted by Crippen LogP contribution is 2.28. The van der Waals surface area contributed by atoms with Gasteiger partial charge in [-0.15, -0.1) is 0 Å². The van der Waals surface area contributed by atoms with Crippen LogP contribution in [0.3, 0.4) is 0 Å². The minimum atomic E-state index is -0.979. The molecule has 0 radical (unpaired) electrons. The van der Waals surface area contributed by atoms with Crippen LogP contribution in [0, 0.1) is 6.92 Å². The highest BCUT2D eigenvalue weighted by atomic mass is 79.9. The molecule has 150 valence electrons. The van der Waals surface area contributed by atoms with Crippen LogP contribution in [-0.2, 0) is 11.2 Å². The van der Waals surface area contributed by atoms with Crippen molar-refractivity contribution in [2.24, 2.45) is 0 Å². The lowest BCUT2D eigenvalue weighted by atomic mass is 10.0. The van der Waals surface area contributed by atoms with E-state index < -0.39 is 23.8 Å². The molecule has 1 aliphatic heterocycles. The zero-order valence-corrected chi connectivity index (χ0v) is 17.8. The average molecular weight is 463 g/mol. The fourth-order valence-electron chi connectivity index (χ4n) is 3.57. The van der Waals surface area contributed by atoms with Gasteiger partial charge in [-0.05, 0) is 58.2 Å². The Balaban J connectivity index is 1.69. The predicted octanol–water partition coefficient (Wildman–Crippen LogP) is 4.60. The quantitative estimate of drug-likeness (QED) is 0.563. The van der Waals surface area contributed by atoms with Crippen molar-refractivity contribution in [3.05, 3.63) is 99.5 Å². The molecule has 1 heterocycles. The van der Waals surface area contributed by atoms with Gasteiger partial charge in [0.15, 0.2) is 0 Å². The summed E-state index contributed by atoms with van der Waals surface area (Å²) in [7, 11) is 0. The molecule has 30 heavy (non-hydrogen) atoms. The van der Waals surface area contributed by atoms with Crippen molar-refractivity contribution in [2.75, 3.05) is 5.32 Å². The Kier molecular flexibility index (Phi) is 5.50. The van der Waals surface area contributed by atoms with E-state index in [-0.39, 0.29) is 6.42 Å². The largest absolute Gasteiger partial charge is 0.323 e. The monoisotopic (exact) mass is 462 g/mol. The van der Waals surface area contributed by atoms with Gasteiger partial charge in [0.2, 0.25) is 5.91 Å². The Morgan fingerprint density at radius 2 is 1.53 bits per heavy atom. The minimum absolute atomic E-state index is 0.224. The number of benzene rings is 3. The molecular formula is C24H19BrN2O3. The molecule has 0 spiro atoms. The molecule has 0 unspecified atom stereocenters. The van der Waals surface area contributed by atoms with Crippen LogP contribution in [0.15, 0.2) is 77.3 Å². The Morgan fingerprint density at radius 3 is 2.13 bits per heavy atom. The molecule has 5 nitrogen and oxygen atoms in total. The number of carbonyl (C=O) groups excluding carboxylic acids is 3. The Labute approximate surface area is 182 Å². The van der Waals surface area contributed by atoms with E-state index in [1.807, 2.05) is 49.4 Å². The zero-order chi connectivity index (χ0) is 21.3. The molecular weight excluding hydrogens is 444 g/mol. The number of hydrogen-bond donors (Lipinski definition) is 1. The lowest BCUT2D eigenvalue weighted by molar-refractivity contribution is -0.119. The van der Waals surface area contributed by atoms with Crippen molar-refractivity contribution in [1.29, 1.82) is 0 Å². The van der Waals surface area contributed by atoms with Gasteiger partial charge in [0.25, 0.3) is 11.8 Å². The summed E-state index contributed by atoms with van der Waals surface area (Å²) in [6.45, 7) is 1.95. The fourth-order valence-corrected chi connectivity index (χ4v) is 4.16. The molecule has 0 bridgehead atoms. The third-order valence-corrected chi connectivity index (χ3v) is 5.75. The molecule has 0 saturated heterocycles. The SMILES string of the molecule is Cc1ccc(NC(=O)[C@H](Cc2ccccc2)N2C(=O)c3ccccc3C2=O)c(Br)c1. The first-order chi connectivity index (χ1) is 14.5. The highest BCUT2D eigenvalue weighted by molar-refractivity contribution is 9.10. The molecule has 6 heteroatoms. The molecule has 0 aliphatic carbocycles. The number of rotatable bonds is 5. The summed E-state index contributed by atoms with van der Waals surface area (Å²) in [5.41, 5.74) is 3.13. The second-order valence-electron chi connectivity index (χ2n) is 7.20. The second-order valence-corrected chi connectivity index (χ2v) is 8.06. The summed E-state index contributed by atoms with van der Waals surface area (Å²) in [6.07, 6.45) is 0.224. The highest BCUT2D eigenvalue weighted by Gasteiger charge is 2.42. The van der Waals surface area contributed by atoms with Crippen LogP contribution >= 0.6 is 15.9 Å². The molecule has 3 aromatic rings. The average Bonchev–Trinajstić information content (AvgIpc) is 3.00. The van der Waals surface area contributed by atoms with E-state index in [1.54, 1.807) is 30.3 Å². The zero-order valence-electron chi connectivity index (χ0n) is 16.3. The van der Waals surface area contributed by atoms with E-state index in [1.165, 1.54) is 0 Å². The minimum Gasteiger partial charge on any atom is -0.323 e. The molecule has 3 amide bonds. The Morgan fingerprint density at radius 1 is 0.933 bits per heavy atom. The summed E-state index contributed by atoms with van der Waals surface area (Å²) < 4.78 is 0.733. The standard InChI is InChI=1S/C24H19BrN2O3/c1-15-11-12-20(19(25)13-15)26-22(28)21(14-16-7-3-2-4-8-16)27-23(29)17-9-5-6-10-18(17)24(27)30/h2-13,21H,14H2,1H3,(H,26,28)/t21-/m0/s1. The van der Waals surface area contributed by atoms with E-state index in [4.69, 9.17) is 0 Å². The van der Waals surface area contributed by atoms with Gasteiger partial charge in [-0.1, -0.05) is 48.5 Å². The molecule has 0 aromatic heterocycles. The van der Waals surface area contributed by atoms with Crippen LogP contribution < -0.4 is 5.32 Å². The van der Waals surface area contributed by atoms with Crippen LogP contribution in [0.4, 0.5) is 5.69 Å². The number of nitrogens with zero attached hydrogens (tertiary/aromatic N) is 1. The molecule has 1 aliphatic rings. The van der Waals surface area contributed by atoms with Gasteiger partial charge in [-0.3, -0.25) is 19.3 Å². The van der Waals surface area contributed by atoms with Gasteiger partial charge in [0, 0.05) is 10.9 Å². The Bertz CT molecular complexity index is 1110. The number of anilines is 1. The summed E-state index contributed by atoms with van der Waals surface area (Å²) in [4.78, 5) is 40.4. The topological polar surface area (TPSA) is 66.5 Å². The van der Waals surface area contributed by atoms with Gasteiger partial charge >= 0.3 is 0 Å². The second kappa shape index (κ2) is 8.24. The molecule has 1 N–H and O–H groups in total. The number of amides is 3. The van der Waals surface area contributed by atoms with Crippen molar-refractivity contribution in [1.82, 2.24) is 4.90 Å². The number of imide groups is 1. The summed E-state index contributed by atoms with van der Waals surface area (Å²) in [5, 5.41) is 2.87. The first-order valence-electron chi connectivity index (χ1n) is 9.53. The number of halogens is 1. The van der Waals surface area contributed by atoms with Crippen LogP contribution in [0.25, 0.3) is 0 Å². The van der Waals surface area contributed by atoms with E-state index in [9.17, 15) is 14.4 Å². The summed E-state index contributed by atoms with van der Waals surface area (Å²) >= 11 is 3.46. The van der Waals surface area contributed by atoms with Gasteiger partial charge < -0.3 is 5.32 Å². The van der Waals surface area contributed by atoms with Crippen LogP contribution in [0.2, 0.25) is 0 Å². The van der Waals surface area contributed by atoms with Gasteiger partial charge in [-0.2, -0.15) is 0 Å². The molecule has 0 saturated carbocycles. The molecule has 0 fully saturated rings. The van der Waals surface area contributed by atoms with E-state index in [2.05, 4.69) is 21.2 Å². The van der Waals surface area contributed by atoms with Crippen molar-refractivity contribution in [3.8, 4) is 0 Å². The van der Waals surface area contributed by atoms with Gasteiger partial charge in [-0.25, -0.2) is 0 Å². The van der Waals surface area contributed by atoms with E-state index in [0.29, 0.717) is 16.8 Å².